The van der Waals surface area contributed by atoms with Crippen LogP contribution in [0.15, 0.2) is 67.3 Å². The summed E-state index contributed by atoms with van der Waals surface area (Å²) in [6, 6.07) is 16.1. The van der Waals surface area contributed by atoms with Gasteiger partial charge in [0.15, 0.2) is 6.29 Å². The van der Waals surface area contributed by atoms with E-state index in [1.165, 1.54) is 35.2 Å². The lowest BCUT2D eigenvalue weighted by atomic mass is 9.90. The highest BCUT2D eigenvalue weighted by Gasteiger charge is 2.41. The van der Waals surface area contributed by atoms with Crippen LogP contribution in [0.5, 0.6) is 0 Å². The zero-order chi connectivity index (χ0) is 21.0. The second kappa shape index (κ2) is 9.26. The summed E-state index contributed by atoms with van der Waals surface area (Å²) in [5.41, 5.74) is -0.275. The van der Waals surface area contributed by atoms with Gasteiger partial charge in [0, 0.05) is 16.4 Å². The fraction of sp³-hybridized carbons (Fsp3) is 0.364. The molecule has 1 saturated heterocycles. The van der Waals surface area contributed by atoms with E-state index >= 15 is 0 Å². The summed E-state index contributed by atoms with van der Waals surface area (Å²) in [5, 5.41) is 15.4. The molecule has 0 radical (unpaired) electrons. The minimum atomic E-state index is -1.49. The van der Waals surface area contributed by atoms with E-state index in [-0.39, 0.29) is 28.9 Å². The number of aromatic nitrogens is 3. The van der Waals surface area contributed by atoms with Crippen LogP contribution in [0, 0.1) is 5.82 Å². The van der Waals surface area contributed by atoms with Gasteiger partial charge < -0.3 is 14.6 Å². The first-order valence-electron chi connectivity index (χ1n) is 9.79. The van der Waals surface area contributed by atoms with Crippen molar-refractivity contribution in [1.82, 2.24) is 14.8 Å². The number of halogens is 1. The first-order valence-corrected chi connectivity index (χ1v) is 10.7. The van der Waals surface area contributed by atoms with Gasteiger partial charge in [-0.15, -0.1) is 11.8 Å². The molecule has 0 spiro atoms. The highest BCUT2D eigenvalue weighted by molar-refractivity contribution is 8.00. The molecule has 1 aliphatic rings. The van der Waals surface area contributed by atoms with Crippen LogP contribution in [0.3, 0.4) is 0 Å². The molecule has 2 aromatic carbocycles. The number of thioether (sulfide) groups is 1. The molecule has 8 heteroatoms. The molecule has 3 aromatic rings. The van der Waals surface area contributed by atoms with Gasteiger partial charge in [-0.2, -0.15) is 5.10 Å². The summed E-state index contributed by atoms with van der Waals surface area (Å²) < 4.78 is 27.9. The zero-order valence-electron chi connectivity index (χ0n) is 16.6. The van der Waals surface area contributed by atoms with E-state index in [1.807, 2.05) is 37.3 Å². The molecule has 0 amide bonds. The molecular weight excluding hydrogens is 405 g/mol. The van der Waals surface area contributed by atoms with Crippen molar-refractivity contribution in [3.8, 4) is 0 Å². The van der Waals surface area contributed by atoms with Crippen LogP contribution in [-0.2, 0) is 21.6 Å². The van der Waals surface area contributed by atoms with Crippen molar-refractivity contribution >= 4 is 11.8 Å². The van der Waals surface area contributed by atoms with Gasteiger partial charge in [0.1, 0.15) is 24.1 Å². The van der Waals surface area contributed by atoms with E-state index in [2.05, 4.69) is 10.1 Å². The van der Waals surface area contributed by atoms with Gasteiger partial charge in [-0.25, -0.2) is 14.1 Å². The number of nitrogens with zero attached hydrogens (tertiary/aromatic N) is 3. The summed E-state index contributed by atoms with van der Waals surface area (Å²) >= 11 is 1.52. The minimum absolute atomic E-state index is 0.00834. The van der Waals surface area contributed by atoms with E-state index in [1.54, 1.807) is 18.2 Å². The lowest BCUT2D eigenvalue weighted by molar-refractivity contribution is -0.180. The van der Waals surface area contributed by atoms with Crippen molar-refractivity contribution < 1.29 is 19.0 Å². The molecule has 0 saturated carbocycles. The molecule has 0 aliphatic carbocycles. The van der Waals surface area contributed by atoms with E-state index in [0.29, 0.717) is 13.2 Å². The Balaban J connectivity index is 1.47. The SMILES string of the molecule is C[C@@H](SC1COC(c2ccccc2)OC1)[C@](O)(Cn1cncn1)c1ccccc1F. The van der Waals surface area contributed by atoms with E-state index in [9.17, 15) is 9.50 Å². The number of aliphatic hydroxyl groups is 1. The number of ether oxygens (including phenoxy) is 2. The second-order valence-electron chi connectivity index (χ2n) is 7.31. The molecule has 1 fully saturated rings. The Kier molecular flexibility index (Phi) is 6.48. The van der Waals surface area contributed by atoms with E-state index in [4.69, 9.17) is 9.47 Å². The third-order valence-electron chi connectivity index (χ3n) is 5.22. The Morgan fingerprint density at radius 2 is 1.87 bits per heavy atom. The molecule has 30 heavy (non-hydrogen) atoms. The molecule has 158 valence electrons. The van der Waals surface area contributed by atoms with Gasteiger partial charge >= 0.3 is 0 Å². The fourth-order valence-electron chi connectivity index (χ4n) is 3.57. The van der Waals surface area contributed by atoms with Crippen molar-refractivity contribution in [2.45, 2.75) is 35.9 Å². The van der Waals surface area contributed by atoms with Crippen LogP contribution in [0.25, 0.3) is 0 Å². The summed E-state index contributed by atoms with van der Waals surface area (Å²) in [7, 11) is 0. The maximum absolute atomic E-state index is 14.6. The monoisotopic (exact) mass is 429 g/mol. The number of hydrogen-bond donors (Lipinski definition) is 1. The number of hydrogen-bond acceptors (Lipinski definition) is 6. The third kappa shape index (κ3) is 4.57. The van der Waals surface area contributed by atoms with Crippen molar-refractivity contribution in [2.24, 2.45) is 0 Å². The zero-order valence-corrected chi connectivity index (χ0v) is 17.4. The van der Waals surface area contributed by atoms with Crippen LogP contribution in [0.4, 0.5) is 4.39 Å². The first-order chi connectivity index (χ1) is 14.6. The van der Waals surface area contributed by atoms with Gasteiger partial charge in [0.25, 0.3) is 0 Å². The molecular formula is C22H24FN3O3S. The number of benzene rings is 2. The molecule has 1 aliphatic heterocycles. The van der Waals surface area contributed by atoms with Gasteiger partial charge in [-0.05, 0) is 6.07 Å². The van der Waals surface area contributed by atoms with Crippen LogP contribution in [0.2, 0.25) is 0 Å². The smallest absolute Gasteiger partial charge is 0.183 e. The predicted molar refractivity (Wildman–Crippen MR) is 112 cm³/mol. The molecule has 0 bridgehead atoms. The summed E-state index contributed by atoms with van der Waals surface area (Å²) in [5.74, 6) is -0.451. The van der Waals surface area contributed by atoms with Crippen molar-refractivity contribution in [3.05, 3.63) is 84.2 Å². The molecule has 4 rings (SSSR count). The van der Waals surface area contributed by atoms with Crippen molar-refractivity contribution in [3.63, 3.8) is 0 Å². The van der Waals surface area contributed by atoms with Crippen molar-refractivity contribution in [2.75, 3.05) is 13.2 Å². The molecule has 1 N–H and O–H groups in total. The average Bonchev–Trinajstić information content (AvgIpc) is 3.28. The summed E-state index contributed by atoms with van der Waals surface area (Å²) in [6.07, 6.45) is 2.52. The Morgan fingerprint density at radius 3 is 2.53 bits per heavy atom. The molecule has 0 unspecified atom stereocenters. The summed E-state index contributed by atoms with van der Waals surface area (Å²) in [4.78, 5) is 3.93. The van der Waals surface area contributed by atoms with Gasteiger partial charge in [0.05, 0.1) is 25.0 Å². The summed E-state index contributed by atoms with van der Waals surface area (Å²) in [6.45, 7) is 2.93. The molecule has 2 heterocycles. The molecule has 1 aromatic heterocycles. The minimum Gasteiger partial charge on any atom is -0.382 e. The van der Waals surface area contributed by atoms with Gasteiger partial charge in [0.2, 0.25) is 0 Å². The quantitative estimate of drug-likeness (QED) is 0.620. The maximum atomic E-state index is 14.6. The van der Waals surface area contributed by atoms with Crippen LogP contribution < -0.4 is 0 Å². The lowest BCUT2D eigenvalue weighted by Crippen LogP contribution is -2.43. The largest absolute Gasteiger partial charge is 0.382 e. The van der Waals surface area contributed by atoms with Crippen LogP contribution in [-0.4, -0.2) is 43.6 Å². The standard InChI is InChI=1S/C22H24FN3O3S/c1-16(30-18-11-28-21(29-12-18)17-7-3-2-4-8-17)22(27,13-26-15-24-14-25-26)19-9-5-6-10-20(19)23/h2-10,14-16,18,21,27H,11-13H2,1H3/t16-,18?,21?,22-/m1/s1. The topological polar surface area (TPSA) is 69.4 Å². The molecule has 2 atom stereocenters. The second-order valence-corrected chi connectivity index (χ2v) is 8.95. The fourth-order valence-corrected chi connectivity index (χ4v) is 4.89. The van der Waals surface area contributed by atoms with Gasteiger partial charge in [-0.1, -0.05) is 55.5 Å². The normalized spacial score (nSPS) is 22.4. The van der Waals surface area contributed by atoms with E-state index < -0.39 is 11.4 Å². The van der Waals surface area contributed by atoms with E-state index in [0.717, 1.165) is 5.56 Å². The van der Waals surface area contributed by atoms with Crippen LogP contribution >= 0.6 is 11.8 Å². The highest BCUT2D eigenvalue weighted by atomic mass is 32.2. The van der Waals surface area contributed by atoms with Crippen molar-refractivity contribution in [1.29, 1.82) is 0 Å². The maximum Gasteiger partial charge on any atom is 0.183 e. The number of rotatable bonds is 7. The van der Waals surface area contributed by atoms with Crippen LogP contribution in [0.1, 0.15) is 24.3 Å². The lowest BCUT2D eigenvalue weighted by Gasteiger charge is -2.37. The predicted octanol–water partition coefficient (Wildman–Crippen LogP) is 3.54. The van der Waals surface area contributed by atoms with Gasteiger partial charge in [-0.3, -0.25) is 0 Å². The molecule has 6 nitrogen and oxygen atoms in total. The Morgan fingerprint density at radius 1 is 1.17 bits per heavy atom. The Bertz CT molecular complexity index is 936. The Labute approximate surface area is 179 Å². The first kappa shape index (κ1) is 21.0. The highest BCUT2D eigenvalue weighted by Crippen LogP contribution is 2.39. The average molecular weight is 430 g/mol. The third-order valence-corrected chi connectivity index (χ3v) is 6.67. The Hall–Kier alpha value is -2.26.